The number of halogens is 2. The summed E-state index contributed by atoms with van der Waals surface area (Å²) in [5, 5.41) is 17.8. The molecule has 9 nitrogen and oxygen atoms in total. The number of aliphatic hydroxyl groups excluding tert-OH is 1. The largest absolute Gasteiger partial charge is 0.493 e. The molecule has 3 heterocycles. The van der Waals surface area contributed by atoms with Crippen LogP contribution in [0.5, 0.6) is 5.75 Å². The molecule has 0 bridgehead atoms. The zero-order valence-corrected chi connectivity index (χ0v) is 31.2. The molecule has 0 aliphatic carbocycles. The fourth-order valence-corrected chi connectivity index (χ4v) is 7.75. The number of aryl methyl sites for hydroxylation is 2. The number of hydrogen-bond donors (Lipinski definition) is 2. The van der Waals surface area contributed by atoms with Gasteiger partial charge in [-0.15, -0.1) is 0 Å². The van der Waals surface area contributed by atoms with E-state index in [4.69, 9.17) is 30.9 Å². The Labute approximate surface area is 310 Å². The number of ether oxygens (including phenoxy) is 3. The average Bonchev–Trinajstić information content (AvgIpc) is 3.68. The van der Waals surface area contributed by atoms with Crippen molar-refractivity contribution < 1.29 is 28.5 Å². The summed E-state index contributed by atoms with van der Waals surface area (Å²) >= 11 is 7.15. The molecule has 1 saturated heterocycles. The van der Waals surface area contributed by atoms with Gasteiger partial charge in [0.15, 0.2) is 5.82 Å². The molecule has 0 atom stereocenters. The van der Waals surface area contributed by atoms with Crippen molar-refractivity contribution in [1.29, 1.82) is 0 Å². The first-order valence-electron chi connectivity index (χ1n) is 18.7. The Balaban J connectivity index is 1.36. The van der Waals surface area contributed by atoms with Gasteiger partial charge in [0.25, 0.3) is 0 Å². The highest BCUT2D eigenvalue weighted by atomic mass is 35.5. The molecule has 5 aromatic rings. The van der Waals surface area contributed by atoms with Crippen LogP contribution in [0.25, 0.3) is 32.8 Å². The number of nitrogens with zero attached hydrogens (tertiary/aromatic N) is 3. The third kappa shape index (κ3) is 8.24. The Bertz CT molecular complexity index is 1990. The van der Waals surface area contributed by atoms with Gasteiger partial charge >= 0.3 is 5.97 Å². The molecule has 0 spiro atoms. The highest BCUT2D eigenvalue weighted by molar-refractivity contribution is 6.35. The van der Waals surface area contributed by atoms with Crippen LogP contribution in [0, 0.1) is 11.7 Å². The van der Waals surface area contributed by atoms with Crippen molar-refractivity contribution in [2.24, 2.45) is 13.0 Å². The predicted octanol–water partition coefficient (Wildman–Crippen LogP) is 8.66. The lowest BCUT2D eigenvalue weighted by molar-refractivity contribution is 0.0519. The monoisotopic (exact) mass is 732 g/mol. The average molecular weight is 733 g/mol. The van der Waals surface area contributed by atoms with Gasteiger partial charge in [0, 0.05) is 62.0 Å². The fraction of sp³-hybridized carbons (Fsp3) is 0.463. The van der Waals surface area contributed by atoms with Crippen LogP contribution in [-0.2, 0) is 29.4 Å². The smallest absolute Gasteiger partial charge is 0.355 e. The number of esters is 1. The Kier molecular flexibility index (Phi) is 12.7. The number of unbranched alkanes of at least 4 members (excludes halogenated alkanes) is 1. The van der Waals surface area contributed by atoms with Crippen molar-refractivity contribution in [3.05, 3.63) is 76.3 Å². The molecule has 0 radical (unpaired) electrons. The first kappa shape index (κ1) is 37.6. The van der Waals surface area contributed by atoms with Crippen LogP contribution in [0.1, 0.15) is 74.1 Å². The van der Waals surface area contributed by atoms with Gasteiger partial charge in [-0.2, -0.15) is 5.10 Å². The van der Waals surface area contributed by atoms with Crippen molar-refractivity contribution in [3.8, 4) is 16.9 Å². The Hall–Kier alpha value is -4.12. The summed E-state index contributed by atoms with van der Waals surface area (Å²) in [6.07, 6.45) is 6.57. The first-order chi connectivity index (χ1) is 25.3. The number of benzene rings is 3. The van der Waals surface area contributed by atoms with E-state index in [0.29, 0.717) is 48.3 Å². The molecule has 0 saturated carbocycles. The second-order valence-electron chi connectivity index (χ2n) is 13.5. The number of nitrogens with one attached hydrogen (secondary N) is 1. The van der Waals surface area contributed by atoms with E-state index in [0.717, 1.165) is 108 Å². The normalized spacial score (nSPS) is 13.7. The number of fused-ring (bicyclic) bond motifs is 2. The second-order valence-corrected chi connectivity index (χ2v) is 13.9. The molecule has 1 aliphatic rings. The number of aliphatic hydroxyl groups is 1. The van der Waals surface area contributed by atoms with Gasteiger partial charge < -0.3 is 29.2 Å². The van der Waals surface area contributed by atoms with Crippen molar-refractivity contribution in [3.63, 3.8) is 0 Å². The van der Waals surface area contributed by atoms with Crippen LogP contribution >= 0.6 is 11.6 Å². The molecule has 1 aliphatic heterocycles. The van der Waals surface area contributed by atoms with Crippen LogP contribution in [0.4, 0.5) is 10.2 Å². The van der Waals surface area contributed by atoms with E-state index in [1.54, 1.807) is 13.0 Å². The minimum atomic E-state index is -0.419. The van der Waals surface area contributed by atoms with Crippen LogP contribution in [0.15, 0.2) is 48.5 Å². The summed E-state index contributed by atoms with van der Waals surface area (Å²) in [7, 11) is 1.97. The summed E-state index contributed by atoms with van der Waals surface area (Å²) in [5.74, 6) is 1.43. The van der Waals surface area contributed by atoms with Gasteiger partial charge in [0.2, 0.25) is 0 Å². The zero-order valence-electron chi connectivity index (χ0n) is 30.5. The number of aromatic amines is 1. The lowest BCUT2D eigenvalue weighted by Gasteiger charge is -2.28. The summed E-state index contributed by atoms with van der Waals surface area (Å²) in [6.45, 7) is 7.88. The van der Waals surface area contributed by atoms with Crippen LogP contribution in [-0.4, -0.2) is 72.0 Å². The highest BCUT2D eigenvalue weighted by Gasteiger charge is 2.29. The number of carbonyl (C=O) groups is 1. The Morgan fingerprint density at radius 1 is 1.08 bits per heavy atom. The maximum absolute atomic E-state index is 13.8. The minimum Gasteiger partial charge on any atom is -0.493 e. The van der Waals surface area contributed by atoms with Gasteiger partial charge in [-0.25, -0.2) is 9.18 Å². The maximum Gasteiger partial charge on any atom is 0.355 e. The van der Waals surface area contributed by atoms with Gasteiger partial charge in [-0.3, -0.25) is 4.68 Å². The fourth-order valence-electron chi connectivity index (χ4n) is 7.49. The van der Waals surface area contributed by atoms with E-state index in [2.05, 4.69) is 16.8 Å². The topological polar surface area (TPSA) is 102 Å². The van der Waals surface area contributed by atoms with Crippen molar-refractivity contribution in [2.45, 2.75) is 65.2 Å². The lowest BCUT2D eigenvalue weighted by Crippen LogP contribution is -2.29. The zero-order chi connectivity index (χ0) is 36.6. The van der Waals surface area contributed by atoms with E-state index in [-0.39, 0.29) is 19.0 Å². The van der Waals surface area contributed by atoms with Gasteiger partial charge in [-0.05, 0) is 105 Å². The molecule has 0 unspecified atom stereocenters. The molecule has 2 aromatic heterocycles. The summed E-state index contributed by atoms with van der Waals surface area (Å²) in [5.41, 5.74) is 4.83. The molecular weight excluding hydrogens is 683 g/mol. The number of hydrogen-bond acceptors (Lipinski definition) is 7. The van der Waals surface area contributed by atoms with E-state index in [1.165, 1.54) is 12.1 Å². The summed E-state index contributed by atoms with van der Waals surface area (Å²) in [6, 6.07) is 14.2. The molecular formula is C41H50ClFN4O5. The number of anilines is 1. The van der Waals surface area contributed by atoms with Crippen molar-refractivity contribution in [2.75, 3.05) is 51.0 Å². The molecule has 0 amide bonds. The van der Waals surface area contributed by atoms with E-state index in [9.17, 15) is 14.3 Å². The standard InChI is InChI=1S/C41H50ClFN4O5/c1-4-34-37(40(45-46(34)3)47(20-6-7-22-48)21-17-27-18-24-50-25-19-27)36-33(42)16-15-32-31(39(44-38(32)36)41(49)51-5-2)11-9-23-52-35-12-8-10-28-26-29(43)13-14-30(28)35/h8,10,12-16,26-27,44,48H,4-7,9,11,17-25H2,1-3H3. The van der Waals surface area contributed by atoms with Crippen LogP contribution in [0.2, 0.25) is 5.02 Å². The molecule has 3 aromatic carbocycles. The third-order valence-corrected chi connectivity index (χ3v) is 10.5. The molecule has 52 heavy (non-hydrogen) atoms. The van der Waals surface area contributed by atoms with E-state index >= 15 is 0 Å². The number of aromatic nitrogens is 3. The Morgan fingerprint density at radius 3 is 2.65 bits per heavy atom. The third-order valence-electron chi connectivity index (χ3n) is 10.2. The van der Waals surface area contributed by atoms with Crippen molar-refractivity contribution in [1.82, 2.24) is 14.8 Å². The number of carbonyl (C=O) groups excluding carboxylic acids is 1. The van der Waals surface area contributed by atoms with Crippen LogP contribution < -0.4 is 9.64 Å². The predicted molar refractivity (Wildman–Crippen MR) is 205 cm³/mol. The molecule has 278 valence electrons. The van der Waals surface area contributed by atoms with E-state index in [1.807, 2.05) is 42.1 Å². The second kappa shape index (κ2) is 17.6. The molecule has 2 N–H and O–H groups in total. The van der Waals surface area contributed by atoms with Crippen molar-refractivity contribution >= 4 is 45.1 Å². The quantitative estimate of drug-likeness (QED) is 0.0729. The molecule has 1 fully saturated rings. The SMILES string of the molecule is CCOC(=O)c1[nH]c2c(-c3c(N(CCCCO)CCC4CCOCC4)nn(C)c3CC)c(Cl)ccc2c1CCCOc1cccc2cc(F)ccc12. The summed E-state index contributed by atoms with van der Waals surface area (Å²) in [4.78, 5) is 19.3. The lowest BCUT2D eigenvalue weighted by atomic mass is 9.95. The Morgan fingerprint density at radius 2 is 1.88 bits per heavy atom. The van der Waals surface area contributed by atoms with E-state index < -0.39 is 5.97 Å². The van der Waals surface area contributed by atoms with Gasteiger partial charge in [0.1, 0.15) is 17.3 Å². The van der Waals surface area contributed by atoms with Crippen LogP contribution in [0.3, 0.4) is 0 Å². The first-order valence-corrected chi connectivity index (χ1v) is 19.0. The minimum absolute atomic E-state index is 0.142. The molecule has 6 rings (SSSR count). The molecule has 11 heteroatoms. The number of H-pyrrole nitrogens is 1. The van der Waals surface area contributed by atoms with Gasteiger partial charge in [-0.1, -0.05) is 36.7 Å². The highest BCUT2D eigenvalue weighted by Crippen LogP contribution is 2.44. The maximum atomic E-state index is 13.8. The summed E-state index contributed by atoms with van der Waals surface area (Å²) < 4.78 is 33.2. The number of rotatable bonds is 17. The van der Waals surface area contributed by atoms with Gasteiger partial charge in [0.05, 0.1) is 29.3 Å².